The van der Waals surface area contributed by atoms with E-state index in [1.165, 1.54) is 0 Å². The van der Waals surface area contributed by atoms with Crippen molar-refractivity contribution in [3.8, 4) is 0 Å². The van der Waals surface area contributed by atoms with Gasteiger partial charge in [-0.3, -0.25) is 9.59 Å². The molecule has 1 atom stereocenters. The van der Waals surface area contributed by atoms with Crippen LogP contribution in [0.5, 0.6) is 0 Å². The summed E-state index contributed by atoms with van der Waals surface area (Å²) in [7, 11) is 0. The Morgan fingerprint density at radius 3 is 2.62 bits per heavy atom. The van der Waals surface area contributed by atoms with Gasteiger partial charge in [0.15, 0.2) is 0 Å². The average Bonchev–Trinajstić information content (AvgIpc) is 3.09. The molecule has 2 amide bonds. The zero-order valence-corrected chi connectivity index (χ0v) is 17.2. The van der Waals surface area contributed by atoms with Crippen LogP contribution in [0.3, 0.4) is 0 Å². The number of halogens is 3. The third-order valence-electron chi connectivity index (χ3n) is 4.43. The summed E-state index contributed by atoms with van der Waals surface area (Å²) >= 11 is 15.3. The molecule has 1 N–H and O–H groups in total. The highest BCUT2D eigenvalue weighted by Gasteiger charge is 2.34. The molecule has 136 valence electrons. The molecule has 1 aliphatic rings. The minimum atomic E-state index is -0.500. The summed E-state index contributed by atoms with van der Waals surface area (Å²) in [6.07, 6.45) is 1.42. The van der Waals surface area contributed by atoms with E-state index in [9.17, 15) is 9.59 Å². The fourth-order valence-electron chi connectivity index (χ4n) is 3.06. The Morgan fingerprint density at radius 1 is 1.15 bits per heavy atom. The van der Waals surface area contributed by atoms with Crippen molar-refractivity contribution in [1.82, 2.24) is 4.90 Å². The number of rotatable bonds is 3. The monoisotopic (exact) mass is 454 g/mol. The van der Waals surface area contributed by atoms with Gasteiger partial charge in [0.25, 0.3) is 5.91 Å². The second kappa shape index (κ2) is 7.99. The maximum Gasteiger partial charge on any atom is 0.254 e. The maximum atomic E-state index is 12.8. The summed E-state index contributed by atoms with van der Waals surface area (Å²) < 4.78 is 0.949. The highest BCUT2D eigenvalue weighted by Crippen LogP contribution is 2.27. The molecule has 0 aromatic heterocycles. The third-order valence-corrected chi connectivity index (χ3v) is 5.66. The van der Waals surface area contributed by atoms with Crippen LogP contribution in [0, 0.1) is 6.92 Å². The van der Waals surface area contributed by atoms with Crippen LogP contribution in [0.1, 0.15) is 28.8 Å². The molecule has 1 saturated heterocycles. The van der Waals surface area contributed by atoms with Crippen molar-refractivity contribution in [1.29, 1.82) is 0 Å². The van der Waals surface area contributed by atoms with E-state index in [4.69, 9.17) is 23.2 Å². The molecule has 0 saturated carbocycles. The van der Waals surface area contributed by atoms with E-state index in [0.717, 1.165) is 22.1 Å². The van der Waals surface area contributed by atoms with Crippen LogP contribution < -0.4 is 5.32 Å². The highest BCUT2D eigenvalue weighted by atomic mass is 79.9. The molecule has 2 aromatic rings. The van der Waals surface area contributed by atoms with E-state index < -0.39 is 6.04 Å². The van der Waals surface area contributed by atoms with Crippen LogP contribution in [0.2, 0.25) is 10.0 Å². The maximum absolute atomic E-state index is 12.8. The first-order chi connectivity index (χ1) is 12.4. The van der Waals surface area contributed by atoms with Crippen molar-refractivity contribution >= 4 is 56.6 Å². The van der Waals surface area contributed by atoms with Gasteiger partial charge in [-0.1, -0.05) is 39.1 Å². The second-order valence-corrected chi connectivity index (χ2v) is 7.96. The van der Waals surface area contributed by atoms with E-state index in [0.29, 0.717) is 28.6 Å². The predicted octanol–water partition coefficient (Wildman–Crippen LogP) is 5.31. The number of likely N-dealkylation sites (tertiary alicyclic amines) is 1. The van der Waals surface area contributed by atoms with Gasteiger partial charge in [-0.15, -0.1) is 0 Å². The highest BCUT2D eigenvalue weighted by molar-refractivity contribution is 9.10. The fourth-order valence-corrected chi connectivity index (χ4v) is 3.83. The normalized spacial score (nSPS) is 16.6. The minimum absolute atomic E-state index is 0.179. The number of hydrogen-bond donors (Lipinski definition) is 1. The number of nitrogens with zero attached hydrogens (tertiary/aromatic N) is 1. The SMILES string of the molecule is Cc1cc(Br)ccc1NC(=O)C1CCCN1C(=O)c1ccc(Cl)c(Cl)c1. The molecule has 3 rings (SSSR count). The number of amides is 2. The van der Waals surface area contributed by atoms with Crippen molar-refractivity contribution in [3.63, 3.8) is 0 Å². The number of carbonyl (C=O) groups excluding carboxylic acids is 2. The first-order valence-electron chi connectivity index (χ1n) is 8.20. The van der Waals surface area contributed by atoms with Gasteiger partial charge in [0.1, 0.15) is 6.04 Å². The number of anilines is 1. The van der Waals surface area contributed by atoms with Crippen LogP contribution in [-0.2, 0) is 4.79 Å². The summed E-state index contributed by atoms with van der Waals surface area (Å²) in [4.78, 5) is 27.2. The van der Waals surface area contributed by atoms with Gasteiger partial charge in [0, 0.05) is 22.3 Å². The molecule has 1 heterocycles. The lowest BCUT2D eigenvalue weighted by atomic mass is 10.1. The predicted molar refractivity (Wildman–Crippen MR) is 108 cm³/mol. The molecule has 2 aromatic carbocycles. The van der Waals surface area contributed by atoms with Crippen molar-refractivity contribution in [2.75, 3.05) is 11.9 Å². The molecule has 0 aliphatic carbocycles. The number of aryl methyl sites for hydroxylation is 1. The summed E-state index contributed by atoms with van der Waals surface area (Å²) in [5, 5.41) is 3.65. The molecular formula is C19H17BrCl2N2O2. The number of benzene rings is 2. The van der Waals surface area contributed by atoms with Gasteiger partial charge in [-0.25, -0.2) is 0 Å². The van der Waals surface area contributed by atoms with Crippen molar-refractivity contribution in [2.24, 2.45) is 0 Å². The Kier molecular flexibility index (Phi) is 5.90. The summed E-state index contributed by atoms with van der Waals surface area (Å²) in [6.45, 7) is 2.46. The quantitative estimate of drug-likeness (QED) is 0.681. The summed E-state index contributed by atoms with van der Waals surface area (Å²) in [6, 6.07) is 9.91. The van der Waals surface area contributed by atoms with Crippen LogP contribution >= 0.6 is 39.1 Å². The first kappa shape index (κ1) is 19.2. The van der Waals surface area contributed by atoms with Gasteiger partial charge in [-0.05, 0) is 61.7 Å². The molecular weight excluding hydrogens is 439 g/mol. The van der Waals surface area contributed by atoms with Gasteiger partial charge < -0.3 is 10.2 Å². The molecule has 4 nitrogen and oxygen atoms in total. The molecule has 26 heavy (non-hydrogen) atoms. The smallest absolute Gasteiger partial charge is 0.254 e. The number of hydrogen-bond acceptors (Lipinski definition) is 2. The summed E-state index contributed by atoms with van der Waals surface area (Å²) in [5.74, 6) is -0.393. The zero-order chi connectivity index (χ0) is 18.8. The lowest BCUT2D eigenvalue weighted by Gasteiger charge is -2.24. The minimum Gasteiger partial charge on any atom is -0.327 e. The largest absolute Gasteiger partial charge is 0.327 e. The standard InChI is InChI=1S/C19H17BrCl2N2O2/c1-11-9-13(20)5-7-16(11)23-18(25)17-3-2-8-24(17)19(26)12-4-6-14(21)15(22)10-12/h4-7,9-10,17H,2-3,8H2,1H3,(H,23,25). The van der Waals surface area contributed by atoms with E-state index in [-0.39, 0.29) is 11.8 Å². The van der Waals surface area contributed by atoms with E-state index in [2.05, 4.69) is 21.2 Å². The lowest BCUT2D eigenvalue weighted by molar-refractivity contribution is -0.119. The number of carbonyl (C=O) groups is 2. The van der Waals surface area contributed by atoms with Crippen molar-refractivity contribution < 1.29 is 9.59 Å². The van der Waals surface area contributed by atoms with Crippen LogP contribution in [-0.4, -0.2) is 29.3 Å². The van der Waals surface area contributed by atoms with Gasteiger partial charge in [-0.2, -0.15) is 0 Å². The Labute approximate surface area is 170 Å². The molecule has 7 heteroatoms. The molecule has 1 aliphatic heterocycles. The third kappa shape index (κ3) is 4.05. The van der Waals surface area contributed by atoms with Gasteiger partial charge >= 0.3 is 0 Å². The molecule has 1 fully saturated rings. The van der Waals surface area contributed by atoms with E-state index in [1.54, 1.807) is 23.1 Å². The molecule has 0 spiro atoms. The lowest BCUT2D eigenvalue weighted by Crippen LogP contribution is -2.43. The van der Waals surface area contributed by atoms with Gasteiger partial charge in [0.05, 0.1) is 10.0 Å². The topological polar surface area (TPSA) is 49.4 Å². The summed E-state index contributed by atoms with van der Waals surface area (Å²) in [5.41, 5.74) is 2.12. The fraction of sp³-hybridized carbons (Fsp3) is 0.263. The Bertz CT molecular complexity index is 873. The van der Waals surface area contributed by atoms with Crippen LogP contribution in [0.4, 0.5) is 5.69 Å². The van der Waals surface area contributed by atoms with E-state index >= 15 is 0 Å². The van der Waals surface area contributed by atoms with E-state index in [1.807, 2.05) is 25.1 Å². The second-order valence-electron chi connectivity index (χ2n) is 6.23. The number of nitrogens with one attached hydrogen (secondary N) is 1. The molecule has 0 bridgehead atoms. The zero-order valence-electron chi connectivity index (χ0n) is 14.1. The first-order valence-corrected chi connectivity index (χ1v) is 9.75. The molecule has 0 radical (unpaired) electrons. The van der Waals surface area contributed by atoms with Crippen molar-refractivity contribution in [2.45, 2.75) is 25.8 Å². The van der Waals surface area contributed by atoms with Crippen molar-refractivity contribution in [3.05, 3.63) is 62.0 Å². The Morgan fingerprint density at radius 2 is 1.92 bits per heavy atom. The Hall–Kier alpha value is -1.56. The van der Waals surface area contributed by atoms with Gasteiger partial charge in [0.2, 0.25) is 5.91 Å². The average molecular weight is 456 g/mol. The molecule has 1 unspecified atom stereocenters. The Balaban J connectivity index is 1.77. The van der Waals surface area contributed by atoms with Crippen LogP contribution in [0.15, 0.2) is 40.9 Å². The van der Waals surface area contributed by atoms with Crippen LogP contribution in [0.25, 0.3) is 0 Å².